The maximum atomic E-state index is 11.7. The standard InChI is InChI=1S/C36H41N7O/c44-36-34-16-8-14-32(40-34)28-38-20-24-41(21-17-29-9-3-1-4-10-29)23-19-37-27-31-13-7-15-33(39-31)35-42(25-26-43(35)36)22-18-30-11-5-2-6-12-30/h1-16,27-28,35-36,44H,17-26H2. The van der Waals surface area contributed by atoms with Crippen molar-refractivity contribution < 1.29 is 5.11 Å². The second-order valence-corrected chi connectivity index (χ2v) is 11.4. The van der Waals surface area contributed by atoms with E-state index in [9.17, 15) is 5.11 Å². The molecule has 226 valence electrons. The van der Waals surface area contributed by atoms with Gasteiger partial charge in [0.05, 0.1) is 35.9 Å². The summed E-state index contributed by atoms with van der Waals surface area (Å²) >= 11 is 0. The Bertz CT molecular complexity index is 1530. The first kappa shape index (κ1) is 30.0. The molecule has 2 unspecified atom stereocenters. The highest BCUT2D eigenvalue weighted by molar-refractivity contribution is 5.77. The van der Waals surface area contributed by atoms with Crippen LogP contribution in [0.25, 0.3) is 0 Å². The van der Waals surface area contributed by atoms with Crippen molar-refractivity contribution in [1.29, 1.82) is 0 Å². The lowest BCUT2D eigenvalue weighted by Gasteiger charge is -2.33. The molecule has 8 heteroatoms. The van der Waals surface area contributed by atoms with Gasteiger partial charge in [0.25, 0.3) is 0 Å². The largest absolute Gasteiger partial charge is 0.372 e. The van der Waals surface area contributed by atoms with Crippen molar-refractivity contribution in [1.82, 2.24) is 24.7 Å². The quantitative estimate of drug-likeness (QED) is 0.360. The fourth-order valence-electron chi connectivity index (χ4n) is 5.98. The minimum Gasteiger partial charge on any atom is -0.372 e. The second-order valence-electron chi connectivity index (χ2n) is 11.4. The van der Waals surface area contributed by atoms with E-state index < -0.39 is 6.23 Å². The summed E-state index contributed by atoms with van der Waals surface area (Å²) in [6.45, 7) is 6.38. The number of aliphatic hydroxyl groups excluding tert-OH is 1. The highest BCUT2D eigenvalue weighted by Gasteiger charge is 2.38. The van der Waals surface area contributed by atoms with Crippen molar-refractivity contribution in [2.45, 2.75) is 25.2 Å². The Labute approximate surface area is 260 Å². The van der Waals surface area contributed by atoms with Crippen LogP contribution in [0.4, 0.5) is 0 Å². The molecule has 2 aromatic heterocycles. The van der Waals surface area contributed by atoms with Crippen molar-refractivity contribution in [3.8, 4) is 0 Å². The van der Waals surface area contributed by atoms with E-state index in [0.29, 0.717) is 25.3 Å². The third-order valence-corrected chi connectivity index (χ3v) is 8.36. The predicted octanol–water partition coefficient (Wildman–Crippen LogP) is 4.42. The molecule has 1 fully saturated rings. The maximum Gasteiger partial charge on any atom is 0.152 e. The number of hydrogen-bond donors (Lipinski definition) is 1. The molecule has 4 aromatic rings. The summed E-state index contributed by atoms with van der Waals surface area (Å²) in [5.41, 5.74) is 5.73. The number of hydrogen-bond acceptors (Lipinski definition) is 8. The zero-order chi connectivity index (χ0) is 30.0. The van der Waals surface area contributed by atoms with E-state index in [1.165, 1.54) is 11.1 Å². The molecule has 0 aliphatic carbocycles. The lowest BCUT2D eigenvalue weighted by molar-refractivity contribution is -0.0365. The fraction of sp³-hybridized carbons (Fsp3) is 0.333. The Morgan fingerprint density at radius 2 is 1.16 bits per heavy atom. The van der Waals surface area contributed by atoms with Gasteiger partial charge in [-0.2, -0.15) is 0 Å². The molecule has 4 bridgehead atoms. The number of pyridine rings is 2. The van der Waals surface area contributed by atoms with Crippen LogP contribution in [0.1, 0.15) is 46.3 Å². The highest BCUT2D eigenvalue weighted by atomic mass is 16.3. The molecule has 2 aromatic carbocycles. The van der Waals surface area contributed by atoms with Gasteiger partial charge in [-0.1, -0.05) is 72.8 Å². The first-order chi connectivity index (χ1) is 21.7. The number of fused-ring (bicyclic) bond motifs is 6. The smallest absolute Gasteiger partial charge is 0.152 e. The lowest BCUT2D eigenvalue weighted by Crippen LogP contribution is -2.35. The van der Waals surface area contributed by atoms with E-state index in [-0.39, 0.29) is 6.17 Å². The molecule has 1 saturated heterocycles. The maximum absolute atomic E-state index is 11.7. The molecule has 0 spiro atoms. The molecule has 8 nitrogen and oxygen atoms in total. The van der Waals surface area contributed by atoms with Crippen molar-refractivity contribution in [2.24, 2.45) is 9.98 Å². The molecule has 0 amide bonds. The van der Waals surface area contributed by atoms with Crippen LogP contribution in [0.5, 0.6) is 0 Å². The van der Waals surface area contributed by atoms with Gasteiger partial charge in [-0.25, -0.2) is 9.97 Å². The molecule has 2 atom stereocenters. The third kappa shape index (κ3) is 7.89. The SMILES string of the molecule is OC1c2cccc(n2)C=NCCN(CCc2ccccc2)CCN=Cc2cccc(n2)C2N(CCc3ccccc3)CCN12. The molecule has 0 saturated carbocycles. The summed E-state index contributed by atoms with van der Waals surface area (Å²) in [6, 6.07) is 33.0. The Morgan fingerprint density at radius 1 is 0.591 bits per heavy atom. The van der Waals surface area contributed by atoms with Gasteiger partial charge in [0.1, 0.15) is 6.17 Å². The number of rotatable bonds is 6. The number of aliphatic imine (C=N–C) groups is 2. The van der Waals surface area contributed by atoms with Crippen LogP contribution >= 0.6 is 0 Å². The average Bonchev–Trinajstić information content (AvgIpc) is 3.50. The van der Waals surface area contributed by atoms with Crippen molar-refractivity contribution in [3.05, 3.63) is 131 Å². The van der Waals surface area contributed by atoms with Gasteiger partial charge in [-0.05, 0) is 48.2 Å². The Kier molecular flexibility index (Phi) is 10.3. The molecular weight excluding hydrogens is 546 g/mol. The summed E-state index contributed by atoms with van der Waals surface area (Å²) in [5.74, 6) is 0. The van der Waals surface area contributed by atoms with E-state index in [2.05, 4.69) is 75.4 Å². The van der Waals surface area contributed by atoms with Crippen LogP contribution in [0.2, 0.25) is 0 Å². The average molecular weight is 588 g/mol. The van der Waals surface area contributed by atoms with E-state index in [4.69, 9.17) is 20.0 Å². The van der Waals surface area contributed by atoms with Crippen molar-refractivity contribution >= 4 is 12.4 Å². The molecule has 4 heterocycles. The number of benzene rings is 2. The van der Waals surface area contributed by atoms with Gasteiger partial charge in [0, 0.05) is 51.7 Å². The molecule has 1 N–H and O–H groups in total. The van der Waals surface area contributed by atoms with Crippen LogP contribution in [0.15, 0.2) is 107 Å². The minimum atomic E-state index is -0.874. The normalized spacial score (nSPS) is 20.2. The summed E-state index contributed by atoms with van der Waals surface area (Å²) in [7, 11) is 0. The van der Waals surface area contributed by atoms with Crippen LogP contribution in [0, 0.1) is 0 Å². The van der Waals surface area contributed by atoms with Crippen LogP contribution in [-0.4, -0.2) is 94.6 Å². The van der Waals surface area contributed by atoms with Crippen LogP contribution in [-0.2, 0) is 12.8 Å². The molecule has 0 radical (unpaired) electrons. The number of aromatic nitrogens is 2. The first-order valence-electron chi connectivity index (χ1n) is 15.6. The fourth-order valence-corrected chi connectivity index (χ4v) is 5.98. The van der Waals surface area contributed by atoms with Crippen molar-refractivity contribution in [3.63, 3.8) is 0 Å². The zero-order valence-corrected chi connectivity index (χ0v) is 25.2. The highest BCUT2D eigenvalue weighted by Crippen LogP contribution is 2.35. The lowest BCUT2D eigenvalue weighted by atomic mass is 10.1. The van der Waals surface area contributed by atoms with E-state index in [1.54, 1.807) is 0 Å². The van der Waals surface area contributed by atoms with Crippen molar-refractivity contribution in [2.75, 3.05) is 52.4 Å². The summed E-state index contributed by atoms with van der Waals surface area (Å²) in [5, 5.41) is 11.7. The van der Waals surface area contributed by atoms with Gasteiger partial charge in [0.15, 0.2) is 6.23 Å². The predicted molar refractivity (Wildman–Crippen MR) is 176 cm³/mol. The van der Waals surface area contributed by atoms with E-state index in [1.807, 2.05) is 48.8 Å². The number of nitrogens with zero attached hydrogens (tertiary/aromatic N) is 7. The van der Waals surface area contributed by atoms with Gasteiger partial charge >= 0.3 is 0 Å². The third-order valence-electron chi connectivity index (χ3n) is 8.36. The second kappa shape index (κ2) is 15.1. The molecule has 6 rings (SSSR count). The van der Waals surface area contributed by atoms with Gasteiger partial charge in [-0.15, -0.1) is 0 Å². The zero-order valence-electron chi connectivity index (χ0n) is 25.2. The Balaban J connectivity index is 1.26. The van der Waals surface area contributed by atoms with Gasteiger partial charge in [0.2, 0.25) is 0 Å². The van der Waals surface area contributed by atoms with Gasteiger partial charge in [-0.3, -0.25) is 24.7 Å². The molecular formula is C36H41N7O. The van der Waals surface area contributed by atoms with Crippen LogP contribution < -0.4 is 0 Å². The first-order valence-corrected chi connectivity index (χ1v) is 15.6. The Morgan fingerprint density at radius 3 is 1.80 bits per heavy atom. The monoisotopic (exact) mass is 587 g/mol. The van der Waals surface area contributed by atoms with E-state index >= 15 is 0 Å². The van der Waals surface area contributed by atoms with Gasteiger partial charge < -0.3 is 5.11 Å². The number of aliphatic hydroxyl groups is 1. The Hall–Kier alpha value is -4.08. The minimum absolute atomic E-state index is 0.187. The van der Waals surface area contributed by atoms with E-state index in [0.717, 1.165) is 62.6 Å². The molecule has 44 heavy (non-hydrogen) atoms. The summed E-state index contributed by atoms with van der Waals surface area (Å²) in [4.78, 5) is 26.3. The molecule has 2 aliphatic heterocycles. The van der Waals surface area contributed by atoms with Crippen LogP contribution in [0.3, 0.4) is 0 Å². The molecule has 2 aliphatic rings. The topological polar surface area (TPSA) is 80.4 Å². The summed E-state index contributed by atoms with van der Waals surface area (Å²) < 4.78 is 0. The summed E-state index contributed by atoms with van der Waals surface area (Å²) in [6.07, 6.45) is 4.56.